The Bertz CT molecular complexity index is 340. The summed E-state index contributed by atoms with van der Waals surface area (Å²) in [6.07, 6.45) is 1.75. The maximum Gasteiger partial charge on any atom is 0.408 e. The maximum absolute atomic E-state index is 11.9. The molecule has 5 heteroatoms. The fourth-order valence-corrected chi connectivity index (χ4v) is 3.10. The highest BCUT2D eigenvalue weighted by Gasteiger charge is 2.63. The van der Waals surface area contributed by atoms with Crippen molar-refractivity contribution in [2.24, 2.45) is 5.41 Å². The Balaban J connectivity index is 2.02. The maximum atomic E-state index is 11.9. The molecule has 0 aromatic rings. The van der Waals surface area contributed by atoms with Crippen LogP contribution >= 0.6 is 0 Å². The third kappa shape index (κ3) is 2.21. The standard InChI is InChI=1S/C13H24N2O3/c1-11(2,3)18-10(16)15-13-6-5-12(13,9-17-4)7-14-8-13/h14H,5-9H2,1-4H3,(H,15,16)/t12-,13-/m1/s1. The third-order valence-electron chi connectivity index (χ3n) is 4.10. The molecule has 0 bridgehead atoms. The highest BCUT2D eigenvalue weighted by molar-refractivity contribution is 5.69. The minimum atomic E-state index is -0.458. The van der Waals surface area contributed by atoms with Gasteiger partial charge < -0.3 is 20.1 Å². The molecule has 2 atom stereocenters. The molecule has 1 saturated heterocycles. The van der Waals surface area contributed by atoms with Crippen LogP contribution in [-0.2, 0) is 9.47 Å². The van der Waals surface area contributed by atoms with Crippen LogP contribution in [0.5, 0.6) is 0 Å². The van der Waals surface area contributed by atoms with Crippen molar-refractivity contribution in [3.63, 3.8) is 0 Å². The Morgan fingerprint density at radius 2 is 2.06 bits per heavy atom. The molecular weight excluding hydrogens is 232 g/mol. The summed E-state index contributed by atoms with van der Waals surface area (Å²) < 4.78 is 10.7. The molecule has 0 aromatic heterocycles. The zero-order chi connectivity index (χ0) is 13.4. The molecule has 18 heavy (non-hydrogen) atoms. The van der Waals surface area contributed by atoms with Crippen molar-refractivity contribution in [1.82, 2.24) is 10.6 Å². The molecule has 2 rings (SSSR count). The van der Waals surface area contributed by atoms with E-state index in [1.54, 1.807) is 7.11 Å². The molecule has 1 aliphatic heterocycles. The quantitative estimate of drug-likeness (QED) is 0.798. The van der Waals surface area contributed by atoms with Crippen molar-refractivity contribution in [2.45, 2.75) is 44.8 Å². The Morgan fingerprint density at radius 3 is 2.56 bits per heavy atom. The second-order valence-corrected chi connectivity index (χ2v) is 6.53. The predicted molar refractivity (Wildman–Crippen MR) is 68.5 cm³/mol. The van der Waals surface area contributed by atoms with Crippen molar-refractivity contribution >= 4 is 6.09 Å². The Hall–Kier alpha value is -0.810. The number of nitrogens with one attached hydrogen (secondary N) is 2. The highest BCUT2D eigenvalue weighted by atomic mass is 16.6. The average molecular weight is 256 g/mol. The molecular formula is C13H24N2O3. The largest absolute Gasteiger partial charge is 0.444 e. The van der Waals surface area contributed by atoms with Crippen LogP contribution in [-0.4, -0.2) is 44.0 Å². The van der Waals surface area contributed by atoms with Gasteiger partial charge in [-0.15, -0.1) is 0 Å². The van der Waals surface area contributed by atoms with E-state index in [4.69, 9.17) is 9.47 Å². The molecule has 1 heterocycles. The first-order valence-corrected chi connectivity index (χ1v) is 6.53. The second-order valence-electron chi connectivity index (χ2n) is 6.53. The molecule has 1 aliphatic carbocycles. The summed E-state index contributed by atoms with van der Waals surface area (Å²) in [5.74, 6) is 0. The number of ether oxygens (including phenoxy) is 2. The first-order valence-electron chi connectivity index (χ1n) is 6.53. The fraction of sp³-hybridized carbons (Fsp3) is 0.923. The van der Waals surface area contributed by atoms with Crippen LogP contribution in [0.15, 0.2) is 0 Å². The number of amides is 1. The SMILES string of the molecule is COC[C@]12CC[C@@]1(NC(=O)OC(C)(C)C)CNC2. The van der Waals surface area contributed by atoms with Crippen LogP contribution in [0.25, 0.3) is 0 Å². The van der Waals surface area contributed by atoms with Gasteiger partial charge in [0.05, 0.1) is 12.1 Å². The van der Waals surface area contributed by atoms with E-state index in [1.807, 2.05) is 20.8 Å². The van der Waals surface area contributed by atoms with Crippen LogP contribution in [0.3, 0.4) is 0 Å². The van der Waals surface area contributed by atoms with E-state index < -0.39 is 5.60 Å². The molecule has 1 saturated carbocycles. The van der Waals surface area contributed by atoms with Crippen LogP contribution in [0.1, 0.15) is 33.6 Å². The normalized spacial score (nSPS) is 34.7. The lowest BCUT2D eigenvalue weighted by atomic mass is 9.56. The Labute approximate surface area is 109 Å². The molecule has 1 amide bonds. The highest BCUT2D eigenvalue weighted by Crippen LogP contribution is 2.52. The monoisotopic (exact) mass is 256 g/mol. The van der Waals surface area contributed by atoms with Gasteiger partial charge in [0, 0.05) is 25.6 Å². The Kier molecular flexibility index (Phi) is 3.32. The number of alkyl carbamates (subject to hydrolysis) is 1. The summed E-state index contributed by atoms with van der Waals surface area (Å²) in [7, 11) is 1.71. The van der Waals surface area contributed by atoms with E-state index in [0.717, 1.165) is 25.9 Å². The lowest BCUT2D eigenvalue weighted by molar-refractivity contribution is -0.0504. The van der Waals surface area contributed by atoms with Crippen LogP contribution < -0.4 is 10.6 Å². The van der Waals surface area contributed by atoms with Crippen molar-refractivity contribution in [1.29, 1.82) is 0 Å². The predicted octanol–water partition coefficient (Wildman–Crippen LogP) is 1.28. The summed E-state index contributed by atoms with van der Waals surface area (Å²) >= 11 is 0. The van der Waals surface area contributed by atoms with Crippen molar-refractivity contribution in [2.75, 3.05) is 26.8 Å². The van der Waals surface area contributed by atoms with Gasteiger partial charge in [0.1, 0.15) is 5.60 Å². The summed E-state index contributed by atoms with van der Waals surface area (Å²) in [6.45, 7) is 8.00. The summed E-state index contributed by atoms with van der Waals surface area (Å²) in [5, 5.41) is 6.44. The van der Waals surface area contributed by atoms with Gasteiger partial charge in [0.2, 0.25) is 0 Å². The van der Waals surface area contributed by atoms with Crippen LogP contribution in [0, 0.1) is 5.41 Å². The number of hydrogen-bond donors (Lipinski definition) is 2. The van der Waals surface area contributed by atoms with Gasteiger partial charge in [-0.3, -0.25) is 0 Å². The molecule has 2 fully saturated rings. The average Bonchev–Trinajstić information content (AvgIpc) is 2.42. The minimum Gasteiger partial charge on any atom is -0.444 e. The van der Waals surface area contributed by atoms with Gasteiger partial charge in [-0.05, 0) is 33.6 Å². The number of hydrogen-bond acceptors (Lipinski definition) is 4. The van der Waals surface area contributed by atoms with Gasteiger partial charge in [-0.2, -0.15) is 0 Å². The minimum absolute atomic E-state index is 0.0403. The van der Waals surface area contributed by atoms with E-state index >= 15 is 0 Å². The lowest BCUT2D eigenvalue weighted by Crippen LogP contribution is -2.68. The smallest absolute Gasteiger partial charge is 0.408 e. The molecule has 104 valence electrons. The van der Waals surface area contributed by atoms with Crippen LogP contribution in [0.4, 0.5) is 4.79 Å². The number of rotatable bonds is 3. The Morgan fingerprint density at radius 1 is 1.33 bits per heavy atom. The number of methoxy groups -OCH3 is 1. The number of carbonyl (C=O) groups excluding carboxylic acids is 1. The van der Waals surface area contributed by atoms with Gasteiger partial charge in [-0.25, -0.2) is 4.79 Å². The fourth-order valence-electron chi connectivity index (χ4n) is 3.10. The van der Waals surface area contributed by atoms with E-state index in [2.05, 4.69) is 10.6 Å². The first kappa shape index (κ1) is 13.6. The van der Waals surface area contributed by atoms with Gasteiger partial charge in [-0.1, -0.05) is 0 Å². The molecule has 0 unspecified atom stereocenters. The molecule has 0 radical (unpaired) electrons. The van der Waals surface area contributed by atoms with Gasteiger partial charge >= 0.3 is 6.09 Å². The van der Waals surface area contributed by atoms with Gasteiger partial charge in [0.25, 0.3) is 0 Å². The van der Waals surface area contributed by atoms with Gasteiger partial charge in [0.15, 0.2) is 0 Å². The topological polar surface area (TPSA) is 59.6 Å². The zero-order valence-corrected chi connectivity index (χ0v) is 11.8. The zero-order valence-electron chi connectivity index (χ0n) is 11.8. The molecule has 0 spiro atoms. The number of carbonyl (C=O) groups is 1. The molecule has 2 N–H and O–H groups in total. The van der Waals surface area contributed by atoms with Crippen molar-refractivity contribution in [3.8, 4) is 0 Å². The molecule has 0 aromatic carbocycles. The van der Waals surface area contributed by atoms with E-state index in [1.165, 1.54) is 0 Å². The summed E-state index contributed by atoms with van der Waals surface area (Å²) in [6, 6.07) is 0. The molecule has 5 nitrogen and oxygen atoms in total. The van der Waals surface area contributed by atoms with Crippen molar-refractivity contribution in [3.05, 3.63) is 0 Å². The van der Waals surface area contributed by atoms with Crippen molar-refractivity contribution < 1.29 is 14.3 Å². The van der Waals surface area contributed by atoms with E-state index in [0.29, 0.717) is 6.61 Å². The first-order chi connectivity index (χ1) is 8.33. The molecule has 2 aliphatic rings. The second kappa shape index (κ2) is 4.38. The van der Waals surface area contributed by atoms with E-state index in [9.17, 15) is 4.79 Å². The van der Waals surface area contributed by atoms with E-state index in [-0.39, 0.29) is 17.0 Å². The lowest BCUT2D eigenvalue weighted by Gasteiger charge is -2.54. The third-order valence-corrected chi connectivity index (χ3v) is 4.10. The number of fused-ring (bicyclic) bond motifs is 1. The van der Waals surface area contributed by atoms with Crippen LogP contribution in [0.2, 0.25) is 0 Å². The summed E-state index contributed by atoms with van der Waals surface area (Å²) in [5.41, 5.74) is -0.607. The summed E-state index contributed by atoms with van der Waals surface area (Å²) in [4.78, 5) is 11.9.